The van der Waals surface area contributed by atoms with Gasteiger partial charge in [-0.25, -0.2) is 0 Å². The Morgan fingerprint density at radius 1 is 1.38 bits per heavy atom. The molecule has 1 aliphatic carbocycles. The van der Waals surface area contributed by atoms with Crippen molar-refractivity contribution in [1.82, 2.24) is 10.6 Å². The summed E-state index contributed by atoms with van der Waals surface area (Å²) < 4.78 is 0. The van der Waals surface area contributed by atoms with Crippen LogP contribution in [0.2, 0.25) is 0 Å². The number of carbonyl (C=O) groups is 1. The zero-order valence-electron chi connectivity index (χ0n) is 8.05. The first-order valence-corrected chi connectivity index (χ1v) is 4.84. The van der Waals surface area contributed by atoms with Gasteiger partial charge in [-0.3, -0.25) is 4.79 Å². The number of aliphatic hydroxyl groups is 1. The Bertz CT molecular complexity index is 165. The van der Waals surface area contributed by atoms with Crippen LogP contribution >= 0.6 is 0 Å². The van der Waals surface area contributed by atoms with Gasteiger partial charge in [-0.05, 0) is 32.7 Å². The number of amides is 1. The summed E-state index contributed by atoms with van der Waals surface area (Å²) in [6.07, 6.45) is 3.26. The molecular weight excluding hydrogens is 168 g/mol. The first-order chi connectivity index (χ1) is 6.22. The molecule has 4 nitrogen and oxygen atoms in total. The normalized spacial score (nSPS) is 28.5. The summed E-state index contributed by atoms with van der Waals surface area (Å²) >= 11 is 0. The van der Waals surface area contributed by atoms with Crippen molar-refractivity contribution in [2.24, 2.45) is 0 Å². The van der Waals surface area contributed by atoms with Crippen LogP contribution in [0.1, 0.15) is 25.7 Å². The summed E-state index contributed by atoms with van der Waals surface area (Å²) in [5, 5.41) is 15.0. The molecule has 0 unspecified atom stereocenters. The van der Waals surface area contributed by atoms with Crippen molar-refractivity contribution in [2.75, 3.05) is 13.6 Å². The van der Waals surface area contributed by atoms with Gasteiger partial charge in [0.25, 0.3) is 0 Å². The zero-order chi connectivity index (χ0) is 9.68. The summed E-state index contributed by atoms with van der Waals surface area (Å²) in [7, 11) is 1.75. The monoisotopic (exact) mass is 186 g/mol. The largest absolute Gasteiger partial charge is 0.393 e. The second-order valence-electron chi connectivity index (χ2n) is 3.60. The van der Waals surface area contributed by atoms with Crippen LogP contribution in [0, 0.1) is 0 Å². The van der Waals surface area contributed by atoms with E-state index in [-0.39, 0.29) is 18.1 Å². The molecule has 1 saturated carbocycles. The van der Waals surface area contributed by atoms with Crippen LogP contribution in [0.5, 0.6) is 0 Å². The van der Waals surface area contributed by atoms with Crippen molar-refractivity contribution in [3.63, 3.8) is 0 Å². The van der Waals surface area contributed by atoms with Gasteiger partial charge in [-0.2, -0.15) is 0 Å². The first-order valence-electron chi connectivity index (χ1n) is 4.84. The number of aliphatic hydroxyl groups excluding tert-OH is 1. The number of rotatable bonds is 3. The lowest BCUT2D eigenvalue weighted by atomic mass is 9.93. The first kappa shape index (κ1) is 10.5. The molecule has 1 rings (SSSR count). The average Bonchev–Trinajstić information content (AvgIpc) is 2.09. The lowest BCUT2D eigenvalue weighted by molar-refractivity contribution is -0.121. The number of nitrogens with one attached hydrogen (secondary N) is 2. The predicted molar refractivity (Wildman–Crippen MR) is 50.3 cm³/mol. The van der Waals surface area contributed by atoms with Gasteiger partial charge in [-0.15, -0.1) is 0 Å². The third-order valence-electron chi connectivity index (χ3n) is 2.40. The quantitative estimate of drug-likeness (QED) is 0.563. The van der Waals surface area contributed by atoms with Crippen molar-refractivity contribution in [3.05, 3.63) is 0 Å². The van der Waals surface area contributed by atoms with Crippen LogP contribution in [-0.2, 0) is 4.79 Å². The van der Waals surface area contributed by atoms with Crippen LogP contribution in [0.25, 0.3) is 0 Å². The van der Waals surface area contributed by atoms with E-state index in [2.05, 4.69) is 10.6 Å². The smallest absolute Gasteiger partial charge is 0.234 e. The van der Waals surface area contributed by atoms with Gasteiger partial charge < -0.3 is 15.7 Å². The molecule has 0 aliphatic heterocycles. The summed E-state index contributed by atoms with van der Waals surface area (Å²) in [5.74, 6) is 0.0453. The second kappa shape index (κ2) is 5.19. The highest BCUT2D eigenvalue weighted by molar-refractivity contribution is 5.78. The molecule has 0 bridgehead atoms. The Kier molecular flexibility index (Phi) is 4.18. The minimum Gasteiger partial charge on any atom is -0.393 e. The average molecular weight is 186 g/mol. The van der Waals surface area contributed by atoms with Gasteiger partial charge >= 0.3 is 0 Å². The molecule has 76 valence electrons. The van der Waals surface area contributed by atoms with E-state index in [9.17, 15) is 9.90 Å². The Labute approximate surface area is 78.7 Å². The Morgan fingerprint density at radius 3 is 2.54 bits per heavy atom. The number of carbonyl (C=O) groups excluding carboxylic acids is 1. The molecule has 0 aromatic carbocycles. The molecule has 0 heterocycles. The molecule has 1 fully saturated rings. The highest BCUT2D eigenvalue weighted by Gasteiger charge is 2.20. The van der Waals surface area contributed by atoms with Crippen molar-refractivity contribution in [1.29, 1.82) is 0 Å². The van der Waals surface area contributed by atoms with E-state index in [0.717, 1.165) is 25.7 Å². The van der Waals surface area contributed by atoms with E-state index in [1.807, 2.05) is 0 Å². The summed E-state index contributed by atoms with van der Waals surface area (Å²) in [4.78, 5) is 11.2. The molecule has 3 N–H and O–H groups in total. The van der Waals surface area contributed by atoms with E-state index in [1.54, 1.807) is 7.05 Å². The molecular formula is C9H18N2O2. The molecule has 0 spiro atoms. The number of hydrogen-bond donors (Lipinski definition) is 3. The maximum absolute atomic E-state index is 11.2. The van der Waals surface area contributed by atoms with Gasteiger partial charge in [-0.1, -0.05) is 0 Å². The van der Waals surface area contributed by atoms with E-state index < -0.39 is 0 Å². The van der Waals surface area contributed by atoms with E-state index in [4.69, 9.17) is 0 Å². The molecule has 1 aliphatic rings. The van der Waals surface area contributed by atoms with Crippen LogP contribution in [0.4, 0.5) is 0 Å². The maximum atomic E-state index is 11.2. The molecule has 0 saturated heterocycles. The van der Waals surface area contributed by atoms with Crippen LogP contribution in [0.15, 0.2) is 0 Å². The van der Waals surface area contributed by atoms with Crippen LogP contribution in [-0.4, -0.2) is 36.8 Å². The number of likely N-dealkylation sites (N-methyl/N-ethyl adjacent to an activating group) is 1. The van der Waals surface area contributed by atoms with Gasteiger partial charge in [0.05, 0.1) is 12.6 Å². The Hall–Kier alpha value is -0.610. The molecule has 0 atom stereocenters. The van der Waals surface area contributed by atoms with E-state index in [0.29, 0.717) is 6.54 Å². The molecule has 0 radical (unpaired) electrons. The molecule has 0 aromatic heterocycles. The standard InChI is InChI=1S/C9H18N2O2/c1-10-6-9(13)11-7-2-4-8(12)5-3-7/h7-8,10,12H,2-6H2,1H3,(H,11,13). The topological polar surface area (TPSA) is 61.4 Å². The fourth-order valence-corrected chi connectivity index (χ4v) is 1.66. The lowest BCUT2D eigenvalue weighted by Crippen LogP contribution is -2.42. The number of hydrogen-bond acceptors (Lipinski definition) is 3. The second-order valence-corrected chi connectivity index (χ2v) is 3.60. The van der Waals surface area contributed by atoms with Crippen molar-refractivity contribution in [3.8, 4) is 0 Å². The summed E-state index contributed by atoms with van der Waals surface area (Å²) in [6.45, 7) is 0.374. The maximum Gasteiger partial charge on any atom is 0.234 e. The molecule has 1 amide bonds. The summed E-state index contributed by atoms with van der Waals surface area (Å²) in [6, 6.07) is 0.268. The summed E-state index contributed by atoms with van der Waals surface area (Å²) in [5.41, 5.74) is 0. The van der Waals surface area contributed by atoms with E-state index >= 15 is 0 Å². The van der Waals surface area contributed by atoms with Gasteiger partial charge in [0, 0.05) is 6.04 Å². The molecule has 4 heteroatoms. The highest BCUT2D eigenvalue weighted by Crippen LogP contribution is 2.17. The van der Waals surface area contributed by atoms with Crippen molar-refractivity contribution < 1.29 is 9.90 Å². The van der Waals surface area contributed by atoms with Gasteiger partial charge in [0.2, 0.25) is 5.91 Å². The molecule has 0 aromatic rings. The van der Waals surface area contributed by atoms with Crippen LogP contribution in [0.3, 0.4) is 0 Å². The lowest BCUT2D eigenvalue weighted by Gasteiger charge is -2.26. The van der Waals surface area contributed by atoms with Crippen LogP contribution < -0.4 is 10.6 Å². The van der Waals surface area contributed by atoms with Crippen molar-refractivity contribution >= 4 is 5.91 Å². The Morgan fingerprint density at radius 2 is 2.00 bits per heavy atom. The fourth-order valence-electron chi connectivity index (χ4n) is 1.66. The van der Waals surface area contributed by atoms with Crippen molar-refractivity contribution in [2.45, 2.75) is 37.8 Å². The third kappa shape index (κ3) is 3.74. The Balaban J connectivity index is 2.18. The fraction of sp³-hybridized carbons (Fsp3) is 0.889. The third-order valence-corrected chi connectivity index (χ3v) is 2.40. The minimum atomic E-state index is -0.155. The molecule has 13 heavy (non-hydrogen) atoms. The van der Waals surface area contributed by atoms with Gasteiger partial charge in [0.1, 0.15) is 0 Å². The predicted octanol–water partition coefficient (Wildman–Crippen LogP) is -0.374. The highest BCUT2D eigenvalue weighted by atomic mass is 16.3. The SMILES string of the molecule is CNCC(=O)NC1CCC(O)CC1. The zero-order valence-corrected chi connectivity index (χ0v) is 8.05. The minimum absolute atomic E-state index is 0.0453. The van der Waals surface area contributed by atoms with E-state index in [1.165, 1.54) is 0 Å². The van der Waals surface area contributed by atoms with Gasteiger partial charge in [0.15, 0.2) is 0 Å².